The molecule has 1 N–H and O–H groups in total. The maximum atomic E-state index is 10.6. The van der Waals surface area contributed by atoms with Crippen molar-refractivity contribution in [3.05, 3.63) is 34.9 Å². The number of rotatable bonds is 1. The zero-order chi connectivity index (χ0) is 15.2. The highest BCUT2D eigenvalue weighted by molar-refractivity contribution is 5.53. The Bertz CT molecular complexity index is 581. The number of nitriles is 1. The van der Waals surface area contributed by atoms with E-state index < -0.39 is 5.41 Å². The predicted octanol–water partition coefficient (Wildman–Crippen LogP) is 3.13. The van der Waals surface area contributed by atoms with Crippen LogP contribution in [0.1, 0.15) is 33.1 Å². The Hall–Kier alpha value is -1.37. The number of ether oxygens (including phenoxy) is 1. The summed E-state index contributed by atoms with van der Waals surface area (Å²) in [7, 11) is 1.72. The van der Waals surface area contributed by atoms with E-state index in [1.165, 1.54) is 11.1 Å². The first-order valence-corrected chi connectivity index (χ1v) is 7.77. The van der Waals surface area contributed by atoms with E-state index in [0.29, 0.717) is 6.42 Å². The molecule has 1 saturated carbocycles. The summed E-state index contributed by atoms with van der Waals surface area (Å²) in [5.74, 6) is 0.238. The molecule has 1 fully saturated rings. The van der Waals surface area contributed by atoms with E-state index in [1.807, 2.05) is 6.92 Å². The van der Waals surface area contributed by atoms with Crippen molar-refractivity contribution < 1.29 is 9.84 Å². The smallest absolute Gasteiger partial charge is 0.104 e. The van der Waals surface area contributed by atoms with Crippen LogP contribution < -0.4 is 0 Å². The zero-order valence-corrected chi connectivity index (χ0v) is 13.0. The third kappa shape index (κ3) is 1.93. The third-order valence-electron chi connectivity index (χ3n) is 5.55. The maximum absolute atomic E-state index is 10.6. The summed E-state index contributed by atoms with van der Waals surface area (Å²) in [5.41, 5.74) is 3.05. The molecule has 0 aliphatic heterocycles. The quantitative estimate of drug-likeness (QED) is 0.753. The molecule has 0 amide bonds. The van der Waals surface area contributed by atoms with Crippen LogP contribution in [0, 0.1) is 28.6 Å². The topological polar surface area (TPSA) is 53.2 Å². The van der Waals surface area contributed by atoms with Crippen molar-refractivity contribution in [3.63, 3.8) is 0 Å². The van der Waals surface area contributed by atoms with Gasteiger partial charge in [0, 0.05) is 13.0 Å². The number of aliphatic hydroxyl groups is 1. The van der Waals surface area contributed by atoms with Gasteiger partial charge in [-0.2, -0.15) is 5.26 Å². The number of hydrogen-bond donors (Lipinski definition) is 1. The molecule has 0 spiro atoms. The molecule has 0 saturated heterocycles. The summed E-state index contributed by atoms with van der Waals surface area (Å²) in [4.78, 5) is 0. The van der Waals surface area contributed by atoms with Crippen LogP contribution in [-0.4, -0.2) is 24.4 Å². The van der Waals surface area contributed by atoms with Crippen molar-refractivity contribution in [3.8, 4) is 6.07 Å². The second kappa shape index (κ2) is 5.12. The van der Waals surface area contributed by atoms with Gasteiger partial charge in [-0.05, 0) is 43.3 Å². The molecule has 0 aromatic heterocycles. The van der Waals surface area contributed by atoms with Gasteiger partial charge in [-0.25, -0.2) is 0 Å². The monoisotopic (exact) mass is 285 g/mol. The highest BCUT2D eigenvalue weighted by Gasteiger charge is 2.53. The van der Waals surface area contributed by atoms with Gasteiger partial charge in [0.15, 0.2) is 0 Å². The first kappa shape index (κ1) is 14.6. The van der Waals surface area contributed by atoms with Crippen LogP contribution >= 0.6 is 0 Å². The van der Waals surface area contributed by atoms with E-state index in [2.05, 4.69) is 31.2 Å². The maximum Gasteiger partial charge on any atom is 0.104 e. The van der Waals surface area contributed by atoms with Crippen LogP contribution in [0.2, 0.25) is 0 Å². The molecule has 21 heavy (non-hydrogen) atoms. The number of methoxy groups -OCH3 is 1. The summed E-state index contributed by atoms with van der Waals surface area (Å²) in [6.07, 6.45) is 8.39. The lowest BCUT2D eigenvalue weighted by atomic mass is 9.52. The minimum absolute atomic E-state index is 0.0844. The zero-order valence-electron chi connectivity index (χ0n) is 13.0. The van der Waals surface area contributed by atoms with E-state index in [-0.39, 0.29) is 24.0 Å². The molecule has 3 aliphatic rings. The van der Waals surface area contributed by atoms with Crippen LogP contribution in [0.15, 0.2) is 34.9 Å². The standard InChI is InChI=1S/C18H23NO2/c1-4-15-14-8-12-7-13(21-3)5-6-16(12)18(15,10-19)9-11(2)17(14)20/h4-6,11,13-14,17,20H,7-9H2,1-3H3/b15-4+/t11?,13?,14-,17-,18+/m0/s1. The van der Waals surface area contributed by atoms with Gasteiger partial charge < -0.3 is 9.84 Å². The molecule has 2 unspecified atom stereocenters. The molecule has 0 radical (unpaired) electrons. The molecule has 3 heteroatoms. The fourth-order valence-corrected chi connectivity index (χ4v) is 4.55. The number of fused-ring (bicyclic) bond motifs is 3. The van der Waals surface area contributed by atoms with Crippen LogP contribution in [-0.2, 0) is 4.74 Å². The summed E-state index contributed by atoms with van der Waals surface area (Å²) in [5, 5.41) is 20.6. The molecule has 0 aromatic carbocycles. The summed E-state index contributed by atoms with van der Waals surface area (Å²) in [6.45, 7) is 4.05. The number of aliphatic hydroxyl groups excluding tert-OH is 1. The van der Waals surface area contributed by atoms with Gasteiger partial charge in [0.05, 0.1) is 18.3 Å². The minimum atomic E-state index is -0.541. The first-order valence-electron chi connectivity index (χ1n) is 7.77. The average Bonchev–Trinajstić information content (AvgIpc) is 2.51. The Labute approximate surface area is 126 Å². The average molecular weight is 285 g/mol. The second-order valence-electron chi connectivity index (χ2n) is 6.60. The molecule has 0 heterocycles. The van der Waals surface area contributed by atoms with Gasteiger partial charge >= 0.3 is 0 Å². The number of allylic oxidation sites excluding steroid dienone is 3. The van der Waals surface area contributed by atoms with Crippen LogP contribution in [0.4, 0.5) is 0 Å². The molecule has 5 atom stereocenters. The number of hydrogen-bond acceptors (Lipinski definition) is 3. The molecule has 112 valence electrons. The van der Waals surface area contributed by atoms with E-state index in [9.17, 15) is 10.4 Å². The van der Waals surface area contributed by atoms with Crippen LogP contribution in [0.3, 0.4) is 0 Å². The first-order chi connectivity index (χ1) is 10.1. The van der Waals surface area contributed by atoms with Crippen molar-refractivity contribution in [1.82, 2.24) is 0 Å². The molecule has 3 aliphatic carbocycles. The van der Waals surface area contributed by atoms with Gasteiger partial charge in [0.2, 0.25) is 0 Å². The van der Waals surface area contributed by atoms with E-state index >= 15 is 0 Å². The van der Waals surface area contributed by atoms with Crippen molar-refractivity contribution in [1.29, 1.82) is 5.26 Å². The normalized spacial score (nSPS) is 43.7. The summed E-state index contributed by atoms with van der Waals surface area (Å²) < 4.78 is 5.45. The van der Waals surface area contributed by atoms with Crippen LogP contribution in [0.25, 0.3) is 0 Å². The van der Waals surface area contributed by atoms with Crippen molar-refractivity contribution in [2.75, 3.05) is 7.11 Å². The lowest BCUT2D eigenvalue weighted by molar-refractivity contribution is 0.0223. The molecule has 3 nitrogen and oxygen atoms in total. The van der Waals surface area contributed by atoms with Crippen LogP contribution in [0.5, 0.6) is 0 Å². The van der Waals surface area contributed by atoms with Crippen molar-refractivity contribution in [2.45, 2.75) is 45.3 Å². The van der Waals surface area contributed by atoms with Gasteiger partial charge in [0.25, 0.3) is 0 Å². The number of nitrogens with zero attached hydrogens (tertiary/aromatic N) is 1. The molecule has 0 aromatic rings. The van der Waals surface area contributed by atoms with E-state index in [1.54, 1.807) is 7.11 Å². The molecular weight excluding hydrogens is 262 g/mol. The third-order valence-corrected chi connectivity index (χ3v) is 5.55. The fraction of sp³-hybridized carbons (Fsp3) is 0.611. The van der Waals surface area contributed by atoms with Gasteiger partial charge in [-0.15, -0.1) is 0 Å². The SMILES string of the molecule is C/C=C1\[C@@H]2CC3=C(C=CC(OC)C3)[C@@]1(C#N)CC(C)[C@@H]2O. The van der Waals surface area contributed by atoms with E-state index in [0.717, 1.165) is 18.4 Å². The van der Waals surface area contributed by atoms with Crippen molar-refractivity contribution in [2.24, 2.45) is 17.3 Å². The highest BCUT2D eigenvalue weighted by atomic mass is 16.5. The minimum Gasteiger partial charge on any atom is -0.392 e. The fourth-order valence-electron chi connectivity index (χ4n) is 4.55. The van der Waals surface area contributed by atoms with Gasteiger partial charge in [0.1, 0.15) is 5.41 Å². The Morgan fingerprint density at radius 1 is 1.48 bits per heavy atom. The Morgan fingerprint density at radius 3 is 2.86 bits per heavy atom. The predicted molar refractivity (Wildman–Crippen MR) is 81.3 cm³/mol. The lowest BCUT2D eigenvalue weighted by Gasteiger charge is -2.51. The van der Waals surface area contributed by atoms with Crippen molar-refractivity contribution >= 4 is 0 Å². The molecule has 2 bridgehead atoms. The summed E-state index contributed by atoms with van der Waals surface area (Å²) >= 11 is 0. The molecular formula is C18H23NO2. The highest BCUT2D eigenvalue weighted by Crippen LogP contribution is 2.58. The van der Waals surface area contributed by atoms with E-state index in [4.69, 9.17) is 4.74 Å². The van der Waals surface area contributed by atoms with Gasteiger partial charge in [-0.1, -0.05) is 30.7 Å². The largest absolute Gasteiger partial charge is 0.392 e. The Kier molecular flexibility index (Phi) is 3.55. The second-order valence-corrected chi connectivity index (χ2v) is 6.60. The summed E-state index contributed by atoms with van der Waals surface area (Å²) in [6, 6.07) is 2.60. The Balaban J connectivity index is 2.15. The van der Waals surface area contributed by atoms with Gasteiger partial charge in [-0.3, -0.25) is 0 Å². The lowest BCUT2D eigenvalue weighted by Crippen LogP contribution is -2.48. The molecule has 3 rings (SSSR count). The Morgan fingerprint density at radius 2 is 2.24 bits per heavy atom.